The molecule has 1 aliphatic carbocycles. The van der Waals surface area contributed by atoms with Gasteiger partial charge in [0.2, 0.25) is 0 Å². The number of hydrogen-bond donors (Lipinski definition) is 1. The van der Waals surface area contributed by atoms with Crippen molar-refractivity contribution in [3.8, 4) is 0 Å². The van der Waals surface area contributed by atoms with Crippen LogP contribution in [0.4, 0.5) is 0 Å². The summed E-state index contributed by atoms with van der Waals surface area (Å²) >= 11 is 0. The third kappa shape index (κ3) is 3.88. The Bertz CT molecular complexity index is 604. The van der Waals surface area contributed by atoms with E-state index in [9.17, 15) is 5.11 Å². The first-order valence-corrected chi connectivity index (χ1v) is 8.64. The molecule has 2 nitrogen and oxygen atoms in total. The van der Waals surface area contributed by atoms with Crippen molar-refractivity contribution in [2.45, 2.75) is 45.3 Å². The molecule has 3 atom stereocenters. The van der Waals surface area contributed by atoms with Gasteiger partial charge in [0, 0.05) is 11.8 Å². The van der Waals surface area contributed by atoms with E-state index < -0.39 is 5.60 Å². The smallest absolute Gasteiger partial charge is 0.0899 e. The topological polar surface area (TPSA) is 29.5 Å². The standard InChI is InChI=1S/C22H30O2/c1-6-21(5)18(4)22(23,14-17(2)3)13-12-20(21)16-24-15-19-10-8-7-9-11-19/h6-11,20,23H,1-2,4,12-16H2,3,5H3/t20-,21-,22?/m1/s1. The van der Waals surface area contributed by atoms with Gasteiger partial charge in [-0.2, -0.15) is 0 Å². The number of ether oxygens (including phenoxy) is 1. The first-order valence-electron chi connectivity index (χ1n) is 8.64. The number of benzene rings is 1. The molecule has 130 valence electrons. The van der Waals surface area contributed by atoms with Gasteiger partial charge in [-0.1, -0.05) is 55.5 Å². The van der Waals surface area contributed by atoms with E-state index in [-0.39, 0.29) is 11.3 Å². The summed E-state index contributed by atoms with van der Waals surface area (Å²) in [5.74, 6) is 0.275. The summed E-state index contributed by atoms with van der Waals surface area (Å²) in [6.07, 6.45) is 4.07. The minimum absolute atomic E-state index is 0.275. The maximum Gasteiger partial charge on any atom is 0.0899 e. The molecule has 0 bridgehead atoms. The number of aliphatic hydroxyl groups is 1. The van der Waals surface area contributed by atoms with Gasteiger partial charge in [0.1, 0.15) is 0 Å². The van der Waals surface area contributed by atoms with Crippen LogP contribution in [0.5, 0.6) is 0 Å². The van der Waals surface area contributed by atoms with Gasteiger partial charge in [0.15, 0.2) is 0 Å². The van der Waals surface area contributed by atoms with E-state index in [1.54, 1.807) is 0 Å². The van der Waals surface area contributed by atoms with Crippen molar-refractivity contribution in [3.05, 3.63) is 72.9 Å². The van der Waals surface area contributed by atoms with Crippen molar-refractivity contribution >= 4 is 0 Å². The Morgan fingerprint density at radius 2 is 2.04 bits per heavy atom. The van der Waals surface area contributed by atoms with Crippen LogP contribution in [-0.4, -0.2) is 17.3 Å². The zero-order chi connectivity index (χ0) is 17.8. The van der Waals surface area contributed by atoms with Crippen LogP contribution in [0.3, 0.4) is 0 Å². The maximum absolute atomic E-state index is 11.0. The largest absolute Gasteiger partial charge is 0.385 e. The van der Waals surface area contributed by atoms with Gasteiger partial charge in [0.05, 0.1) is 18.8 Å². The molecule has 0 aromatic heterocycles. The second kappa shape index (κ2) is 7.50. The fourth-order valence-electron chi connectivity index (χ4n) is 3.75. The van der Waals surface area contributed by atoms with Gasteiger partial charge in [-0.05, 0) is 36.8 Å². The Kier molecular flexibility index (Phi) is 5.84. The van der Waals surface area contributed by atoms with Gasteiger partial charge in [-0.15, -0.1) is 13.2 Å². The highest BCUT2D eigenvalue weighted by Crippen LogP contribution is 2.51. The van der Waals surface area contributed by atoms with Crippen LogP contribution < -0.4 is 0 Å². The van der Waals surface area contributed by atoms with E-state index in [4.69, 9.17) is 4.74 Å². The Morgan fingerprint density at radius 3 is 2.62 bits per heavy atom. The zero-order valence-corrected chi connectivity index (χ0v) is 15.1. The average Bonchev–Trinajstić information content (AvgIpc) is 2.55. The predicted molar refractivity (Wildman–Crippen MR) is 101 cm³/mol. The SMILES string of the molecule is C=C[C@]1(C)C(=C)C(O)(CC(=C)C)CC[C@@H]1COCc1ccccc1. The molecule has 1 aliphatic rings. The normalized spacial score (nSPS) is 30.1. The molecule has 2 heteroatoms. The van der Waals surface area contributed by atoms with Gasteiger partial charge < -0.3 is 9.84 Å². The molecule has 1 fully saturated rings. The fourth-order valence-corrected chi connectivity index (χ4v) is 3.75. The molecule has 2 rings (SSSR count). The molecule has 1 saturated carbocycles. The predicted octanol–water partition coefficient (Wildman–Crippen LogP) is 5.06. The monoisotopic (exact) mass is 326 g/mol. The van der Waals surface area contributed by atoms with Crippen molar-refractivity contribution in [2.24, 2.45) is 11.3 Å². The second-order valence-electron chi connectivity index (χ2n) is 7.37. The number of hydrogen-bond acceptors (Lipinski definition) is 2. The van der Waals surface area contributed by atoms with E-state index >= 15 is 0 Å². The molecule has 24 heavy (non-hydrogen) atoms. The average molecular weight is 326 g/mol. The van der Waals surface area contributed by atoms with Crippen LogP contribution in [0.2, 0.25) is 0 Å². The van der Waals surface area contributed by atoms with Crippen molar-refractivity contribution in [2.75, 3.05) is 6.61 Å². The summed E-state index contributed by atoms with van der Waals surface area (Å²) in [4.78, 5) is 0. The van der Waals surface area contributed by atoms with Gasteiger partial charge in [0.25, 0.3) is 0 Å². The lowest BCUT2D eigenvalue weighted by atomic mass is 9.58. The van der Waals surface area contributed by atoms with E-state index in [1.165, 1.54) is 5.56 Å². The molecule has 1 aromatic carbocycles. The molecule has 0 radical (unpaired) electrons. The van der Waals surface area contributed by atoms with Crippen molar-refractivity contribution < 1.29 is 9.84 Å². The lowest BCUT2D eigenvalue weighted by Gasteiger charge is -2.49. The molecule has 1 aromatic rings. The minimum Gasteiger partial charge on any atom is -0.385 e. The molecule has 0 saturated heterocycles. The minimum atomic E-state index is -0.884. The Hall–Kier alpha value is -1.64. The molecule has 0 amide bonds. The van der Waals surface area contributed by atoms with Crippen LogP contribution in [0.1, 0.15) is 38.7 Å². The summed E-state index contributed by atoms with van der Waals surface area (Å²) in [5, 5.41) is 11.0. The van der Waals surface area contributed by atoms with Gasteiger partial charge >= 0.3 is 0 Å². The molecule has 0 heterocycles. The highest BCUT2D eigenvalue weighted by Gasteiger charge is 2.48. The number of allylic oxidation sites excluding steroid dienone is 1. The number of rotatable bonds is 7. The van der Waals surface area contributed by atoms with E-state index in [0.29, 0.717) is 26.1 Å². The Morgan fingerprint density at radius 1 is 1.38 bits per heavy atom. The zero-order valence-electron chi connectivity index (χ0n) is 15.1. The van der Waals surface area contributed by atoms with Crippen molar-refractivity contribution in [3.63, 3.8) is 0 Å². The van der Waals surface area contributed by atoms with E-state index in [2.05, 4.69) is 38.8 Å². The highest BCUT2D eigenvalue weighted by molar-refractivity contribution is 5.32. The third-order valence-electron chi connectivity index (χ3n) is 5.42. The molecule has 0 spiro atoms. The summed E-state index contributed by atoms with van der Waals surface area (Å²) in [6.45, 7) is 17.5. The van der Waals surface area contributed by atoms with E-state index in [0.717, 1.165) is 17.6 Å². The van der Waals surface area contributed by atoms with Crippen LogP contribution in [0.25, 0.3) is 0 Å². The summed E-state index contributed by atoms with van der Waals surface area (Å²) in [7, 11) is 0. The van der Waals surface area contributed by atoms with Gasteiger partial charge in [-0.25, -0.2) is 0 Å². The highest BCUT2D eigenvalue weighted by atomic mass is 16.5. The first kappa shape index (κ1) is 18.7. The molecular weight excluding hydrogens is 296 g/mol. The summed E-state index contributed by atoms with van der Waals surface area (Å²) in [6, 6.07) is 10.2. The second-order valence-corrected chi connectivity index (χ2v) is 7.37. The van der Waals surface area contributed by atoms with Crippen LogP contribution in [0, 0.1) is 11.3 Å². The fraction of sp³-hybridized carbons (Fsp3) is 0.455. The maximum atomic E-state index is 11.0. The van der Waals surface area contributed by atoms with Gasteiger partial charge in [-0.3, -0.25) is 0 Å². The van der Waals surface area contributed by atoms with Crippen LogP contribution in [0.15, 0.2) is 67.3 Å². The quantitative estimate of drug-likeness (QED) is 0.710. The Balaban J connectivity index is 2.05. The molecule has 0 aliphatic heterocycles. The van der Waals surface area contributed by atoms with Crippen molar-refractivity contribution in [1.82, 2.24) is 0 Å². The Labute approximate surface area is 146 Å². The molecule has 1 N–H and O–H groups in total. The molecule has 1 unspecified atom stereocenters. The first-order chi connectivity index (χ1) is 11.3. The van der Waals surface area contributed by atoms with Crippen LogP contribution >= 0.6 is 0 Å². The molecular formula is C22H30O2. The lowest BCUT2D eigenvalue weighted by Crippen LogP contribution is -2.48. The third-order valence-corrected chi connectivity index (χ3v) is 5.42. The van der Waals surface area contributed by atoms with E-state index in [1.807, 2.05) is 31.2 Å². The summed E-state index contributed by atoms with van der Waals surface area (Å²) < 4.78 is 5.97. The lowest BCUT2D eigenvalue weighted by molar-refractivity contribution is -0.0222. The van der Waals surface area contributed by atoms with Crippen molar-refractivity contribution in [1.29, 1.82) is 0 Å². The van der Waals surface area contributed by atoms with Crippen LogP contribution in [-0.2, 0) is 11.3 Å². The summed E-state index contributed by atoms with van der Waals surface area (Å²) in [5.41, 5.74) is 1.77.